The molecule has 0 saturated carbocycles. The van der Waals surface area contributed by atoms with Crippen LogP contribution in [0.2, 0.25) is 0 Å². The summed E-state index contributed by atoms with van der Waals surface area (Å²) in [5, 5.41) is 4.37. The summed E-state index contributed by atoms with van der Waals surface area (Å²) in [6.45, 7) is 4.12. The Kier molecular flexibility index (Phi) is 4.16. The summed E-state index contributed by atoms with van der Waals surface area (Å²) < 4.78 is 2.00. The molecule has 6 heteroatoms. The van der Waals surface area contributed by atoms with Gasteiger partial charge in [-0.3, -0.25) is 4.90 Å². The Morgan fingerprint density at radius 3 is 3.00 bits per heavy atom. The zero-order valence-electron chi connectivity index (χ0n) is 14.0. The van der Waals surface area contributed by atoms with Gasteiger partial charge in [-0.15, -0.1) is 0 Å². The number of aryl methyl sites for hydroxylation is 2. The van der Waals surface area contributed by atoms with Crippen LogP contribution in [-0.2, 0) is 13.6 Å². The summed E-state index contributed by atoms with van der Waals surface area (Å²) in [5.41, 5.74) is 3.29. The van der Waals surface area contributed by atoms with E-state index in [0.717, 1.165) is 42.5 Å². The van der Waals surface area contributed by atoms with Gasteiger partial charge >= 0.3 is 0 Å². The molecule has 4 rings (SSSR count). The Bertz CT molecular complexity index is 824. The summed E-state index contributed by atoms with van der Waals surface area (Å²) >= 11 is 1.76. The maximum Gasteiger partial charge on any atom is 0.158 e. The predicted molar refractivity (Wildman–Crippen MR) is 95.7 cm³/mol. The van der Waals surface area contributed by atoms with Crippen LogP contribution in [0, 0.1) is 6.92 Å². The zero-order chi connectivity index (χ0) is 16.5. The van der Waals surface area contributed by atoms with Crippen molar-refractivity contribution in [3.63, 3.8) is 0 Å². The average molecular weight is 339 g/mol. The van der Waals surface area contributed by atoms with Gasteiger partial charge in [-0.2, -0.15) is 11.3 Å². The van der Waals surface area contributed by atoms with Crippen molar-refractivity contribution in [2.45, 2.75) is 32.4 Å². The normalized spacial score (nSPS) is 18.3. The van der Waals surface area contributed by atoms with Gasteiger partial charge in [0.05, 0.1) is 6.04 Å². The average Bonchev–Trinajstić information content (AvgIpc) is 3.29. The lowest BCUT2D eigenvalue weighted by atomic mass is 10.2. The summed E-state index contributed by atoms with van der Waals surface area (Å²) in [4.78, 5) is 16.5. The molecule has 3 aromatic heterocycles. The third-order valence-corrected chi connectivity index (χ3v) is 5.28. The van der Waals surface area contributed by atoms with Gasteiger partial charge in [0.15, 0.2) is 5.82 Å². The molecule has 0 aromatic carbocycles. The van der Waals surface area contributed by atoms with E-state index in [1.165, 1.54) is 12.0 Å². The molecule has 1 atom stereocenters. The van der Waals surface area contributed by atoms with E-state index in [-0.39, 0.29) is 0 Å². The van der Waals surface area contributed by atoms with Crippen molar-refractivity contribution < 1.29 is 0 Å². The molecule has 24 heavy (non-hydrogen) atoms. The fourth-order valence-corrected chi connectivity index (χ4v) is 4.05. The van der Waals surface area contributed by atoms with Crippen molar-refractivity contribution in [2.75, 3.05) is 6.54 Å². The Morgan fingerprint density at radius 1 is 1.33 bits per heavy atom. The van der Waals surface area contributed by atoms with Gasteiger partial charge in [0.25, 0.3) is 0 Å². The number of imidazole rings is 1. The minimum atomic E-state index is 0.295. The SMILES string of the molecule is Cc1cc(-c2nccn2C)nc([C@@H]2CCCN2Cc2ccsc2)n1. The van der Waals surface area contributed by atoms with Gasteiger partial charge in [0.1, 0.15) is 11.5 Å². The van der Waals surface area contributed by atoms with Crippen LogP contribution in [-0.4, -0.2) is 31.0 Å². The fourth-order valence-electron chi connectivity index (χ4n) is 3.39. The standard InChI is InChI=1S/C18H21N5S/c1-13-10-15(18-19-6-8-22(18)2)21-17(20-13)16-4-3-7-23(16)11-14-5-9-24-12-14/h5-6,8-10,12,16H,3-4,7,11H2,1-2H3/t16-/m0/s1. The Morgan fingerprint density at radius 2 is 2.25 bits per heavy atom. The molecule has 1 fully saturated rings. The van der Waals surface area contributed by atoms with Gasteiger partial charge in [0, 0.05) is 31.7 Å². The van der Waals surface area contributed by atoms with Crippen molar-refractivity contribution in [1.29, 1.82) is 0 Å². The van der Waals surface area contributed by atoms with Crippen molar-refractivity contribution in [1.82, 2.24) is 24.4 Å². The van der Waals surface area contributed by atoms with Crippen LogP contribution in [0.15, 0.2) is 35.3 Å². The number of rotatable bonds is 4. The van der Waals surface area contributed by atoms with Crippen molar-refractivity contribution in [3.05, 3.63) is 52.4 Å². The molecule has 0 radical (unpaired) electrons. The summed E-state index contributed by atoms with van der Waals surface area (Å²) in [6, 6.07) is 4.52. The monoisotopic (exact) mass is 339 g/mol. The first kappa shape index (κ1) is 15.5. The Balaban J connectivity index is 1.65. The highest BCUT2D eigenvalue weighted by atomic mass is 32.1. The number of thiophene rings is 1. The molecule has 124 valence electrons. The van der Waals surface area contributed by atoms with E-state index in [1.54, 1.807) is 11.3 Å². The van der Waals surface area contributed by atoms with E-state index >= 15 is 0 Å². The van der Waals surface area contributed by atoms with Crippen LogP contribution in [0.4, 0.5) is 0 Å². The van der Waals surface area contributed by atoms with E-state index < -0.39 is 0 Å². The highest BCUT2D eigenvalue weighted by molar-refractivity contribution is 7.07. The lowest BCUT2D eigenvalue weighted by Gasteiger charge is -2.23. The minimum absolute atomic E-state index is 0.295. The van der Waals surface area contributed by atoms with Crippen LogP contribution in [0.5, 0.6) is 0 Å². The third kappa shape index (κ3) is 2.99. The van der Waals surface area contributed by atoms with Crippen molar-refractivity contribution in [2.24, 2.45) is 7.05 Å². The molecular formula is C18H21N5S. The first-order valence-corrected chi connectivity index (χ1v) is 9.23. The quantitative estimate of drug-likeness (QED) is 0.729. The van der Waals surface area contributed by atoms with Crippen LogP contribution in [0.1, 0.15) is 36.0 Å². The molecule has 1 aliphatic heterocycles. The Labute approximate surface area is 146 Å². The molecule has 0 N–H and O–H groups in total. The molecule has 3 aromatic rings. The number of hydrogen-bond acceptors (Lipinski definition) is 5. The van der Waals surface area contributed by atoms with Crippen LogP contribution < -0.4 is 0 Å². The molecule has 1 aliphatic rings. The zero-order valence-corrected chi connectivity index (χ0v) is 14.8. The molecule has 0 unspecified atom stereocenters. The topological polar surface area (TPSA) is 46.8 Å². The lowest BCUT2D eigenvalue weighted by Crippen LogP contribution is -2.24. The molecule has 4 heterocycles. The summed E-state index contributed by atoms with van der Waals surface area (Å²) in [5.74, 6) is 1.82. The first-order valence-electron chi connectivity index (χ1n) is 8.29. The molecule has 5 nitrogen and oxygen atoms in total. The number of nitrogens with zero attached hydrogens (tertiary/aromatic N) is 5. The van der Waals surface area contributed by atoms with E-state index in [2.05, 4.69) is 26.7 Å². The molecule has 0 spiro atoms. The number of aromatic nitrogens is 4. The maximum atomic E-state index is 4.86. The molecular weight excluding hydrogens is 318 g/mol. The minimum Gasteiger partial charge on any atom is -0.333 e. The van der Waals surface area contributed by atoms with Crippen molar-refractivity contribution >= 4 is 11.3 Å². The second-order valence-electron chi connectivity index (χ2n) is 6.37. The van der Waals surface area contributed by atoms with Gasteiger partial charge < -0.3 is 4.57 Å². The molecule has 1 saturated heterocycles. The van der Waals surface area contributed by atoms with Crippen LogP contribution >= 0.6 is 11.3 Å². The maximum absolute atomic E-state index is 4.86. The molecule has 0 aliphatic carbocycles. The first-order chi connectivity index (χ1) is 11.7. The fraction of sp³-hybridized carbons (Fsp3) is 0.389. The Hall–Kier alpha value is -2.05. The van der Waals surface area contributed by atoms with Gasteiger partial charge in [-0.25, -0.2) is 15.0 Å². The van der Waals surface area contributed by atoms with E-state index in [0.29, 0.717) is 6.04 Å². The smallest absolute Gasteiger partial charge is 0.158 e. The molecule has 0 amide bonds. The highest BCUT2D eigenvalue weighted by Gasteiger charge is 2.29. The summed E-state index contributed by atoms with van der Waals surface area (Å²) in [7, 11) is 2.00. The van der Waals surface area contributed by atoms with E-state index in [4.69, 9.17) is 9.97 Å². The van der Waals surface area contributed by atoms with E-state index in [1.807, 2.05) is 37.0 Å². The second-order valence-corrected chi connectivity index (χ2v) is 7.15. The second kappa shape index (κ2) is 6.45. The van der Waals surface area contributed by atoms with Crippen LogP contribution in [0.25, 0.3) is 11.5 Å². The van der Waals surface area contributed by atoms with Gasteiger partial charge in [-0.05, 0) is 54.8 Å². The summed E-state index contributed by atoms with van der Waals surface area (Å²) in [6.07, 6.45) is 6.08. The highest BCUT2D eigenvalue weighted by Crippen LogP contribution is 2.32. The van der Waals surface area contributed by atoms with Gasteiger partial charge in [-0.1, -0.05) is 0 Å². The van der Waals surface area contributed by atoms with Crippen molar-refractivity contribution in [3.8, 4) is 11.5 Å². The number of likely N-dealkylation sites (tertiary alicyclic amines) is 1. The lowest BCUT2D eigenvalue weighted by molar-refractivity contribution is 0.240. The number of hydrogen-bond donors (Lipinski definition) is 0. The molecule has 0 bridgehead atoms. The third-order valence-electron chi connectivity index (χ3n) is 4.55. The van der Waals surface area contributed by atoms with E-state index in [9.17, 15) is 0 Å². The van der Waals surface area contributed by atoms with Crippen LogP contribution in [0.3, 0.4) is 0 Å². The predicted octanol–water partition coefficient (Wildman–Crippen LogP) is 3.58. The largest absolute Gasteiger partial charge is 0.333 e. The van der Waals surface area contributed by atoms with Gasteiger partial charge in [0.2, 0.25) is 0 Å².